The number of para-hydroxylation sites is 1. The second-order valence-electron chi connectivity index (χ2n) is 7.03. The average molecular weight is 474 g/mol. The molecule has 3 aromatic carbocycles. The fraction of sp³-hybridized carbons (Fsp3) is 0.208. The minimum Gasteiger partial charge on any atom is -0.495 e. The molecule has 0 aliphatic heterocycles. The predicted octanol–water partition coefficient (Wildman–Crippen LogP) is 3.89. The molecule has 0 fully saturated rings. The van der Waals surface area contributed by atoms with Crippen molar-refractivity contribution in [3.8, 4) is 11.5 Å². The van der Waals surface area contributed by atoms with Crippen LogP contribution in [0.1, 0.15) is 15.9 Å². The van der Waals surface area contributed by atoms with Gasteiger partial charge in [-0.3, -0.25) is 0 Å². The maximum absolute atomic E-state index is 13.6. The number of carbonyl (C=O) groups excluding carboxylic acids is 1. The number of esters is 1. The molecular weight excluding hydrogens is 449 g/mol. The number of ether oxygens (including phenoxy) is 3. The van der Waals surface area contributed by atoms with Gasteiger partial charge < -0.3 is 14.2 Å². The number of hydrogen-bond acceptors (Lipinski definition) is 6. The van der Waals surface area contributed by atoms with Crippen LogP contribution in [-0.2, 0) is 21.3 Å². The molecule has 0 saturated heterocycles. The molecule has 0 atom stereocenters. The highest BCUT2D eigenvalue weighted by atomic mass is 32.2. The van der Waals surface area contributed by atoms with E-state index in [4.69, 9.17) is 14.2 Å². The third-order valence-corrected chi connectivity index (χ3v) is 6.57. The zero-order valence-corrected chi connectivity index (χ0v) is 19.0. The van der Waals surface area contributed by atoms with Gasteiger partial charge in [0.15, 0.2) is 11.6 Å². The molecule has 0 radical (unpaired) electrons. The lowest BCUT2D eigenvalue weighted by atomic mass is 10.2. The predicted molar refractivity (Wildman–Crippen MR) is 120 cm³/mol. The summed E-state index contributed by atoms with van der Waals surface area (Å²) in [6.45, 7) is -0.0582. The smallest absolute Gasteiger partial charge is 0.338 e. The Morgan fingerprint density at radius 3 is 2.33 bits per heavy atom. The summed E-state index contributed by atoms with van der Waals surface area (Å²) < 4.78 is 56.7. The number of sulfonamides is 1. The Morgan fingerprint density at radius 2 is 1.64 bits per heavy atom. The summed E-state index contributed by atoms with van der Waals surface area (Å²) >= 11 is 0. The van der Waals surface area contributed by atoms with Crippen LogP contribution in [0.15, 0.2) is 77.7 Å². The Hall–Kier alpha value is -3.43. The number of carbonyl (C=O) groups is 1. The molecule has 0 heterocycles. The van der Waals surface area contributed by atoms with Gasteiger partial charge in [-0.05, 0) is 35.9 Å². The zero-order valence-electron chi connectivity index (χ0n) is 18.2. The lowest BCUT2D eigenvalue weighted by Gasteiger charge is -2.19. The molecule has 174 valence electrons. The fourth-order valence-electron chi connectivity index (χ4n) is 3.03. The van der Waals surface area contributed by atoms with Crippen molar-refractivity contribution >= 4 is 16.0 Å². The SMILES string of the molecule is COc1ccc(C(=O)OCCOc2ccccc2F)cc1S(=O)(=O)N(C)Cc1ccccc1. The largest absolute Gasteiger partial charge is 0.495 e. The average Bonchev–Trinajstić information content (AvgIpc) is 2.82. The van der Waals surface area contributed by atoms with E-state index in [1.54, 1.807) is 6.07 Å². The minimum atomic E-state index is -3.97. The maximum atomic E-state index is 13.6. The quantitative estimate of drug-likeness (QED) is 0.328. The van der Waals surface area contributed by atoms with Crippen LogP contribution in [-0.4, -0.2) is 46.1 Å². The van der Waals surface area contributed by atoms with E-state index in [9.17, 15) is 17.6 Å². The highest BCUT2D eigenvalue weighted by Gasteiger charge is 2.26. The number of halogens is 1. The Morgan fingerprint density at radius 1 is 0.939 bits per heavy atom. The van der Waals surface area contributed by atoms with E-state index < -0.39 is 21.8 Å². The van der Waals surface area contributed by atoms with Crippen LogP contribution < -0.4 is 9.47 Å². The second-order valence-corrected chi connectivity index (χ2v) is 9.04. The number of benzene rings is 3. The first-order valence-corrected chi connectivity index (χ1v) is 11.5. The van der Waals surface area contributed by atoms with Crippen LogP contribution in [0.2, 0.25) is 0 Å². The lowest BCUT2D eigenvalue weighted by molar-refractivity contribution is 0.0448. The van der Waals surface area contributed by atoms with E-state index in [2.05, 4.69) is 0 Å². The summed E-state index contributed by atoms with van der Waals surface area (Å²) in [4.78, 5) is 12.3. The second kappa shape index (κ2) is 10.9. The van der Waals surface area contributed by atoms with Gasteiger partial charge in [-0.2, -0.15) is 4.31 Å². The fourth-order valence-corrected chi connectivity index (χ4v) is 4.37. The number of methoxy groups -OCH3 is 1. The van der Waals surface area contributed by atoms with Crippen LogP contribution in [0.5, 0.6) is 11.5 Å². The van der Waals surface area contributed by atoms with Crippen molar-refractivity contribution in [2.45, 2.75) is 11.4 Å². The first-order valence-electron chi connectivity index (χ1n) is 10.1. The van der Waals surface area contributed by atoms with Gasteiger partial charge in [0.1, 0.15) is 23.9 Å². The van der Waals surface area contributed by atoms with E-state index in [0.717, 1.165) is 5.56 Å². The molecule has 3 rings (SSSR count). The Labute approximate surface area is 192 Å². The van der Waals surface area contributed by atoms with Gasteiger partial charge >= 0.3 is 5.97 Å². The van der Waals surface area contributed by atoms with Crippen LogP contribution in [0.25, 0.3) is 0 Å². The van der Waals surface area contributed by atoms with Gasteiger partial charge in [0.05, 0.1) is 12.7 Å². The molecule has 0 spiro atoms. The Balaban J connectivity index is 1.70. The van der Waals surface area contributed by atoms with E-state index in [0.29, 0.717) is 0 Å². The third kappa shape index (κ3) is 6.09. The van der Waals surface area contributed by atoms with Crippen LogP contribution in [0.4, 0.5) is 4.39 Å². The molecule has 33 heavy (non-hydrogen) atoms. The summed E-state index contributed by atoms with van der Waals surface area (Å²) in [7, 11) is -1.17. The molecule has 0 saturated carbocycles. The van der Waals surface area contributed by atoms with Crippen LogP contribution in [0, 0.1) is 5.82 Å². The van der Waals surface area contributed by atoms with Crippen molar-refractivity contribution in [2.24, 2.45) is 0 Å². The van der Waals surface area contributed by atoms with Crippen molar-refractivity contribution in [1.29, 1.82) is 0 Å². The van der Waals surface area contributed by atoms with E-state index >= 15 is 0 Å². The first kappa shape index (κ1) is 24.2. The summed E-state index contributed by atoms with van der Waals surface area (Å²) in [5.74, 6) is -1.10. The molecule has 0 unspecified atom stereocenters. The maximum Gasteiger partial charge on any atom is 0.338 e. The summed E-state index contributed by atoms with van der Waals surface area (Å²) in [6.07, 6.45) is 0. The van der Waals surface area contributed by atoms with Gasteiger partial charge in [0.2, 0.25) is 10.0 Å². The first-order chi connectivity index (χ1) is 15.8. The monoisotopic (exact) mass is 473 g/mol. The molecule has 7 nitrogen and oxygen atoms in total. The Bertz CT molecular complexity index is 1200. The molecule has 0 aromatic heterocycles. The van der Waals surface area contributed by atoms with E-state index in [1.807, 2.05) is 30.3 Å². The van der Waals surface area contributed by atoms with Crippen molar-refractivity contribution < 1.29 is 31.8 Å². The number of hydrogen-bond donors (Lipinski definition) is 0. The van der Waals surface area contributed by atoms with Gasteiger partial charge in [-0.15, -0.1) is 0 Å². The summed E-state index contributed by atoms with van der Waals surface area (Å²) in [6, 6.07) is 19.0. The van der Waals surface area contributed by atoms with Crippen LogP contribution in [0.3, 0.4) is 0 Å². The van der Waals surface area contributed by atoms with Gasteiger partial charge in [0, 0.05) is 13.6 Å². The lowest BCUT2D eigenvalue weighted by Crippen LogP contribution is -2.27. The minimum absolute atomic E-state index is 0.0355. The van der Waals surface area contributed by atoms with Gasteiger partial charge in [-0.1, -0.05) is 42.5 Å². The van der Waals surface area contributed by atoms with Gasteiger partial charge in [0.25, 0.3) is 0 Å². The van der Waals surface area contributed by atoms with E-state index in [1.165, 1.54) is 54.9 Å². The molecule has 0 amide bonds. The molecule has 0 aliphatic rings. The summed E-state index contributed by atoms with van der Waals surface area (Å²) in [5.41, 5.74) is 0.848. The number of nitrogens with zero attached hydrogens (tertiary/aromatic N) is 1. The van der Waals surface area contributed by atoms with Crippen molar-refractivity contribution in [3.05, 3.63) is 89.7 Å². The highest BCUT2D eigenvalue weighted by molar-refractivity contribution is 7.89. The third-order valence-electron chi connectivity index (χ3n) is 4.75. The van der Waals surface area contributed by atoms with Gasteiger partial charge in [-0.25, -0.2) is 17.6 Å². The number of rotatable bonds is 10. The molecular formula is C24H24FNO6S. The molecule has 0 bridgehead atoms. The highest BCUT2D eigenvalue weighted by Crippen LogP contribution is 2.28. The van der Waals surface area contributed by atoms with Crippen molar-refractivity contribution in [1.82, 2.24) is 4.31 Å². The molecule has 3 aromatic rings. The normalized spacial score (nSPS) is 11.3. The topological polar surface area (TPSA) is 82.1 Å². The van der Waals surface area contributed by atoms with E-state index in [-0.39, 0.29) is 41.7 Å². The molecule has 9 heteroatoms. The van der Waals surface area contributed by atoms with Crippen molar-refractivity contribution in [2.75, 3.05) is 27.4 Å². The summed E-state index contributed by atoms with van der Waals surface area (Å²) in [5, 5.41) is 0. The van der Waals surface area contributed by atoms with Crippen LogP contribution >= 0.6 is 0 Å². The zero-order chi connectivity index (χ0) is 23.8. The molecule has 0 aliphatic carbocycles. The van der Waals surface area contributed by atoms with Crippen molar-refractivity contribution in [3.63, 3.8) is 0 Å². The Kier molecular flexibility index (Phi) is 8.02. The molecule has 0 N–H and O–H groups in total. The standard InChI is InChI=1S/C24H24FNO6S/c1-26(17-18-8-4-3-5-9-18)33(28,29)23-16-19(12-13-22(23)30-2)24(27)32-15-14-31-21-11-7-6-10-20(21)25/h3-13,16H,14-15,17H2,1-2H3.